The van der Waals surface area contributed by atoms with Crippen LogP contribution in [-0.2, 0) is 0 Å². The third-order valence-electron chi connectivity index (χ3n) is 4.54. The van der Waals surface area contributed by atoms with E-state index in [1.165, 1.54) is 43.9 Å². The topological polar surface area (TPSA) is 32.5 Å². The molecule has 2 aliphatic heterocycles. The number of likely N-dealkylation sites (tertiary alicyclic amines) is 1. The normalized spacial score (nSPS) is 30.0. The Morgan fingerprint density at radius 2 is 2.06 bits per heavy atom. The SMILES string of the molecule is CN1CCC(N(C)C(CN)C2CCSC2)CC1. The summed E-state index contributed by atoms with van der Waals surface area (Å²) in [4.78, 5) is 5.04. The number of nitrogens with two attached hydrogens (primary N) is 1. The second kappa shape index (κ2) is 6.41. The Morgan fingerprint density at radius 1 is 1.35 bits per heavy atom. The summed E-state index contributed by atoms with van der Waals surface area (Å²) in [5.74, 6) is 3.48. The van der Waals surface area contributed by atoms with Gasteiger partial charge < -0.3 is 10.6 Å². The van der Waals surface area contributed by atoms with Crippen LogP contribution in [0.5, 0.6) is 0 Å². The van der Waals surface area contributed by atoms with E-state index < -0.39 is 0 Å². The Hall–Kier alpha value is 0.230. The van der Waals surface area contributed by atoms with E-state index in [0.717, 1.165) is 18.5 Å². The summed E-state index contributed by atoms with van der Waals surface area (Å²) in [6.45, 7) is 3.31. The van der Waals surface area contributed by atoms with E-state index in [-0.39, 0.29) is 0 Å². The van der Waals surface area contributed by atoms with Crippen molar-refractivity contribution < 1.29 is 0 Å². The first kappa shape index (κ1) is 13.7. The zero-order chi connectivity index (χ0) is 12.3. The highest BCUT2D eigenvalue weighted by atomic mass is 32.2. The first-order chi connectivity index (χ1) is 8.22. The molecule has 2 rings (SSSR count). The lowest BCUT2D eigenvalue weighted by atomic mass is 9.94. The molecule has 0 aromatic carbocycles. The molecule has 2 N–H and O–H groups in total. The van der Waals surface area contributed by atoms with Gasteiger partial charge in [-0.2, -0.15) is 11.8 Å². The van der Waals surface area contributed by atoms with Crippen molar-refractivity contribution in [2.75, 3.05) is 45.2 Å². The van der Waals surface area contributed by atoms with Gasteiger partial charge in [0.1, 0.15) is 0 Å². The Balaban J connectivity index is 1.89. The van der Waals surface area contributed by atoms with Gasteiger partial charge in [0.15, 0.2) is 0 Å². The van der Waals surface area contributed by atoms with E-state index in [1.807, 2.05) is 0 Å². The quantitative estimate of drug-likeness (QED) is 0.817. The number of nitrogens with zero attached hydrogens (tertiary/aromatic N) is 2. The van der Waals surface area contributed by atoms with Crippen molar-refractivity contribution in [1.29, 1.82) is 0 Å². The smallest absolute Gasteiger partial charge is 0.0254 e. The summed E-state index contributed by atoms with van der Waals surface area (Å²) in [6, 6.07) is 1.36. The van der Waals surface area contributed by atoms with Crippen molar-refractivity contribution in [2.24, 2.45) is 11.7 Å². The molecule has 2 aliphatic rings. The minimum Gasteiger partial charge on any atom is -0.329 e. The van der Waals surface area contributed by atoms with Crippen molar-refractivity contribution >= 4 is 11.8 Å². The lowest BCUT2D eigenvalue weighted by Gasteiger charge is -2.41. The van der Waals surface area contributed by atoms with Crippen molar-refractivity contribution in [2.45, 2.75) is 31.3 Å². The summed E-state index contributed by atoms with van der Waals surface area (Å²) in [5, 5.41) is 0. The van der Waals surface area contributed by atoms with Gasteiger partial charge in [0.25, 0.3) is 0 Å². The van der Waals surface area contributed by atoms with Crippen LogP contribution >= 0.6 is 11.8 Å². The fourth-order valence-corrected chi connectivity index (χ4v) is 4.55. The van der Waals surface area contributed by atoms with Gasteiger partial charge in [0.2, 0.25) is 0 Å². The summed E-state index contributed by atoms with van der Waals surface area (Å²) in [6.07, 6.45) is 3.98. The van der Waals surface area contributed by atoms with Crippen LogP contribution in [0.2, 0.25) is 0 Å². The number of hydrogen-bond acceptors (Lipinski definition) is 4. The van der Waals surface area contributed by atoms with E-state index >= 15 is 0 Å². The lowest BCUT2D eigenvalue weighted by Crippen LogP contribution is -2.51. The van der Waals surface area contributed by atoms with Gasteiger partial charge in [-0.3, -0.25) is 4.90 Å². The monoisotopic (exact) mass is 257 g/mol. The molecule has 0 radical (unpaired) electrons. The number of rotatable bonds is 4. The summed E-state index contributed by atoms with van der Waals surface area (Å²) in [5.41, 5.74) is 6.03. The first-order valence-corrected chi connectivity index (χ1v) is 8.06. The van der Waals surface area contributed by atoms with Gasteiger partial charge in [-0.1, -0.05) is 0 Å². The molecule has 17 heavy (non-hydrogen) atoms. The first-order valence-electron chi connectivity index (χ1n) is 6.90. The van der Waals surface area contributed by atoms with E-state index in [0.29, 0.717) is 6.04 Å². The predicted octanol–water partition coefficient (Wildman–Crippen LogP) is 1.09. The van der Waals surface area contributed by atoms with E-state index in [1.54, 1.807) is 0 Å². The number of thioether (sulfide) groups is 1. The molecule has 0 saturated carbocycles. The van der Waals surface area contributed by atoms with Crippen LogP contribution in [0.4, 0.5) is 0 Å². The van der Waals surface area contributed by atoms with Crippen molar-refractivity contribution in [3.63, 3.8) is 0 Å². The van der Waals surface area contributed by atoms with Gasteiger partial charge in [-0.25, -0.2) is 0 Å². The molecular weight excluding hydrogens is 230 g/mol. The largest absolute Gasteiger partial charge is 0.329 e. The molecule has 0 bridgehead atoms. The van der Waals surface area contributed by atoms with Crippen molar-refractivity contribution in [1.82, 2.24) is 9.80 Å². The highest BCUT2D eigenvalue weighted by Crippen LogP contribution is 2.30. The Morgan fingerprint density at radius 3 is 2.59 bits per heavy atom. The summed E-state index contributed by atoms with van der Waals surface area (Å²) >= 11 is 2.10. The molecule has 2 unspecified atom stereocenters. The maximum atomic E-state index is 6.03. The number of likely N-dealkylation sites (N-methyl/N-ethyl adjacent to an activating group) is 1. The third-order valence-corrected chi connectivity index (χ3v) is 5.73. The van der Waals surface area contributed by atoms with Gasteiger partial charge in [-0.15, -0.1) is 0 Å². The van der Waals surface area contributed by atoms with Crippen molar-refractivity contribution in [3.8, 4) is 0 Å². The lowest BCUT2D eigenvalue weighted by molar-refractivity contribution is 0.0869. The number of hydrogen-bond donors (Lipinski definition) is 1. The minimum atomic E-state index is 0.610. The molecule has 0 aliphatic carbocycles. The zero-order valence-corrected chi connectivity index (χ0v) is 12.1. The molecule has 2 saturated heterocycles. The Bertz CT molecular complexity index is 223. The molecule has 4 heteroatoms. The van der Waals surface area contributed by atoms with E-state index in [2.05, 4.69) is 35.7 Å². The fourth-order valence-electron chi connectivity index (χ4n) is 3.22. The van der Waals surface area contributed by atoms with Crippen LogP contribution < -0.4 is 5.73 Å². The second-order valence-electron chi connectivity index (χ2n) is 5.63. The molecule has 0 aromatic heterocycles. The maximum Gasteiger partial charge on any atom is 0.0254 e. The molecule has 0 aromatic rings. The second-order valence-corrected chi connectivity index (χ2v) is 6.78. The van der Waals surface area contributed by atoms with Crippen LogP contribution in [0.3, 0.4) is 0 Å². The van der Waals surface area contributed by atoms with Crippen LogP contribution in [0.15, 0.2) is 0 Å². The molecule has 100 valence electrons. The molecule has 2 heterocycles. The molecule has 2 fully saturated rings. The third kappa shape index (κ3) is 3.37. The van der Waals surface area contributed by atoms with Gasteiger partial charge >= 0.3 is 0 Å². The Kier molecular flexibility index (Phi) is 5.15. The van der Waals surface area contributed by atoms with Crippen LogP contribution in [0, 0.1) is 5.92 Å². The van der Waals surface area contributed by atoms with Crippen LogP contribution in [0.1, 0.15) is 19.3 Å². The van der Waals surface area contributed by atoms with E-state index in [4.69, 9.17) is 5.73 Å². The summed E-state index contributed by atoms with van der Waals surface area (Å²) in [7, 11) is 4.53. The highest BCUT2D eigenvalue weighted by molar-refractivity contribution is 7.99. The average Bonchev–Trinajstić information content (AvgIpc) is 2.84. The average molecular weight is 257 g/mol. The van der Waals surface area contributed by atoms with Crippen molar-refractivity contribution in [3.05, 3.63) is 0 Å². The zero-order valence-electron chi connectivity index (χ0n) is 11.3. The van der Waals surface area contributed by atoms with Gasteiger partial charge in [0, 0.05) is 18.6 Å². The predicted molar refractivity (Wildman–Crippen MR) is 76.6 cm³/mol. The maximum absolute atomic E-state index is 6.03. The van der Waals surface area contributed by atoms with Crippen LogP contribution in [-0.4, -0.2) is 67.1 Å². The molecule has 0 spiro atoms. The standard InChI is InChI=1S/C13H27N3S/c1-15-6-3-12(4-7-15)16(2)13(9-14)11-5-8-17-10-11/h11-13H,3-10,14H2,1-2H3. The highest BCUT2D eigenvalue weighted by Gasteiger charge is 2.31. The van der Waals surface area contributed by atoms with Gasteiger partial charge in [-0.05, 0) is 63.9 Å². The van der Waals surface area contributed by atoms with E-state index in [9.17, 15) is 0 Å². The fraction of sp³-hybridized carbons (Fsp3) is 1.00. The molecular formula is C13H27N3S. The van der Waals surface area contributed by atoms with Crippen LogP contribution in [0.25, 0.3) is 0 Å². The molecule has 3 nitrogen and oxygen atoms in total. The summed E-state index contributed by atoms with van der Waals surface area (Å²) < 4.78 is 0. The molecule has 2 atom stereocenters. The number of piperidine rings is 1. The Labute approximate surface area is 110 Å². The van der Waals surface area contributed by atoms with Gasteiger partial charge in [0.05, 0.1) is 0 Å². The molecule has 0 amide bonds. The minimum absolute atomic E-state index is 0.610.